The van der Waals surface area contributed by atoms with E-state index < -0.39 is 107 Å². The van der Waals surface area contributed by atoms with Crippen molar-refractivity contribution in [3.05, 3.63) is 126 Å². The van der Waals surface area contributed by atoms with Gasteiger partial charge in [0.15, 0.2) is 0 Å². The van der Waals surface area contributed by atoms with Crippen LogP contribution in [-0.4, -0.2) is 133 Å². The minimum absolute atomic E-state index is 0.0143. The molecule has 5 aromatic rings. The lowest BCUT2D eigenvalue weighted by Crippen LogP contribution is -2.55. The quantitative estimate of drug-likeness (QED) is 0.0150. The number of nitrogens with one attached hydrogen (secondary N) is 6. The van der Waals surface area contributed by atoms with E-state index in [1.165, 1.54) is 0 Å². The Hall–Kier alpha value is -9.16. The summed E-state index contributed by atoms with van der Waals surface area (Å²) in [4.78, 5) is 69.3. The molecule has 0 unspecified atom stereocenters. The van der Waals surface area contributed by atoms with Gasteiger partial charge in [0.25, 0.3) is 30.1 Å². The molecule has 1 aliphatic carbocycles. The second-order valence-corrected chi connectivity index (χ2v) is 33.5. The Morgan fingerprint density at radius 3 is 1.12 bits per heavy atom. The minimum atomic E-state index is -4.33. The minimum Gasteiger partial charge on any atom is -0.487 e. The number of carboxylic acid groups (broad SMARTS) is 1. The van der Waals surface area contributed by atoms with Crippen LogP contribution in [0.3, 0.4) is 0 Å². The van der Waals surface area contributed by atoms with Gasteiger partial charge in [0, 0.05) is 61.5 Å². The lowest BCUT2D eigenvalue weighted by atomic mass is 9.94. The van der Waals surface area contributed by atoms with Gasteiger partial charge in [-0.1, -0.05) is 48.5 Å². The van der Waals surface area contributed by atoms with E-state index in [2.05, 4.69) is 45.1 Å². The number of aliphatic carboxylic acids is 1. The smallest absolute Gasteiger partial charge is 0.407 e. The van der Waals surface area contributed by atoms with Crippen LogP contribution in [0.25, 0.3) is 11.1 Å². The molecule has 3 heterocycles. The summed E-state index contributed by atoms with van der Waals surface area (Å²) in [6.45, 7) is 26.3. The largest absolute Gasteiger partial charge is 0.487 e. The monoisotopic (exact) mass is 1460 g/mol. The molecule has 27 nitrogen and oxygen atoms in total. The Bertz CT molecular complexity index is 4620. The maximum absolute atomic E-state index is 14.8. The molecule has 3 aliphatic heterocycles. The van der Waals surface area contributed by atoms with Gasteiger partial charge >= 0.3 is 12.1 Å². The summed E-state index contributed by atoms with van der Waals surface area (Å²) in [6, 6.07) is 10.7. The molecule has 0 radical (unpaired) electrons. The standard InChI is InChI=1S/C72H96N12O15S3/c1-37-40(4)60(43(7)50-33-70(10,11)97-57(37)50)100(90,91)82-66(73)76-30-20-27-54(63(85)80-56(65(87)88)29-22-32-78-68(75)84-102(94,95)62-42(6)39(3)59-52(45(62)9)35-72(14,15)99-59)79-64(86)55(81-69(89)96-36-53-48-25-18-16-23-46(48)47-24-17-19-26-49(47)53)28-21-31-77-67(74)83-101(92,93)61-41(5)38(2)58-51(44(61)8)34-71(12,13)98-58/h16-19,23-26,53-56H,20-22,27-36H2,1-15H3,(H,79,86)(H,80,85)(H,81,89)(H,87,88)(H3,73,76,82)(H3,74,77,83)(H3,75,78,84)/t54-,55-,56-/m0/s1. The number of sulfonamides is 3. The molecule has 0 saturated carbocycles. The van der Waals surface area contributed by atoms with E-state index in [0.29, 0.717) is 86.6 Å². The van der Waals surface area contributed by atoms with E-state index >= 15 is 0 Å². The van der Waals surface area contributed by atoms with Crippen molar-refractivity contribution in [3.63, 3.8) is 0 Å². The highest BCUT2D eigenvalue weighted by molar-refractivity contribution is 7.90. The maximum atomic E-state index is 14.8. The Labute approximate surface area is 597 Å². The van der Waals surface area contributed by atoms with E-state index in [1.807, 2.05) is 90.1 Å². The fraction of sp³-hybridized carbons (Fsp3) is 0.486. The molecule has 9 rings (SSSR count). The topological polar surface area (TPSA) is 415 Å². The Morgan fingerprint density at radius 2 is 0.784 bits per heavy atom. The molecule has 5 aromatic carbocycles. The van der Waals surface area contributed by atoms with Crippen LogP contribution in [0.2, 0.25) is 0 Å². The van der Waals surface area contributed by atoms with Gasteiger partial charge in [-0.15, -0.1) is 0 Å². The van der Waals surface area contributed by atoms with Crippen LogP contribution in [-0.2, 0) is 68.5 Å². The number of nitrogens with zero attached hydrogens (tertiary/aromatic N) is 3. The molecular weight excluding hydrogens is 1370 g/mol. The molecule has 552 valence electrons. The lowest BCUT2D eigenvalue weighted by Gasteiger charge is -2.24. The van der Waals surface area contributed by atoms with Crippen LogP contribution < -0.4 is 61.5 Å². The summed E-state index contributed by atoms with van der Waals surface area (Å²) in [7, 11) is -12.9. The highest BCUT2D eigenvalue weighted by atomic mass is 32.2. The summed E-state index contributed by atoms with van der Waals surface area (Å²) in [5, 5.41) is 18.3. The number of aliphatic imine (C=N–C) groups is 3. The number of carbonyl (C=O) groups is 4. The van der Waals surface area contributed by atoms with Crippen molar-refractivity contribution in [2.24, 2.45) is 32.2 Å². The number of carbonyl (C=O) groups excluding carboxylic acids is 3. The number of rotatable bonds is 26. The van der Waals surface area contributed by atoms with Gasteiger partial charge in [0.05, 0.1) is 14.7 Å². The van der Waals surface area contributed by atoms with E-state index in [1.54, 1.807) is 62.3 Å². The second-order valence-electron chi connectivity index (χ2n) is 28.7. The molecule has 3 amide bonds. The first-order valence-electron chi connectivity index (χ1n) is 33.9. The molecular formula is C72H96N12O15S3. The summed E-state index contributed by atoms with van der Waals surface area (Å²) in [6.07, 6.45) is -0.413. The maximum Gasteiger partial charge on any atom is 0.407 e. The van der Waals surface area contributed by atoms with Gasteiger partial charge in [-0.25, -0.2) is 49.0 Å². The summed E-state index contributed by atoms with van der Waals surface area (Å²) < 4.78 is 116. The second kappa shape index (κ2) is 29.7. The molecule has 102 heavy (non-hydrogen) atoms. The predicted molar refractivity (Wildman–Crippen MR) is 389 cm³/mol. The Balaban J connectivity index is 0.934. The Kier molecular flexibility index (Phi) is 22.4. The zero-order valence-corrected chi connectivity index (χ0v) is 63.0. The number of alkyl carbamates (subject to hydrolysis) is 1. The van der Waals surface area contributed by atoms with Crippen molar-refractivity contribution in [1.82, 2.24) is 30.1 Å². The number of hydrogen-bond donors (Lipinski definition) is 10. The number of nitrogens with two attached hydrogens (primary N) is 3. The van der Waals surface area contributed by atoms with Crippen molar-refractivity contribution in [2.45, 2.75) is 217 Å². The van der Waals surface area contributed by atoms with Gasteiger partial charge in [-0.2, -0.15) is 0 Å². The zero-order valence-electron chi connectivity index (χ0n) is 60.6. The highest BCUT2D eigenvalue weighted by Gasteiger charge is 2.41. The van der Waals surface area contributed by atoms with Crippen molar-refractivity contribution in [2.75, 3.05) is 26.2 Å². The van der Waals surface area contributed by atoms with Gasteiger partial charge in [-0.05, 0) is 215 Å². The normalized spacial score (nSPS) is 16.7. The predicted octanol–water partition coefficient (Wildman–Crippen LogP) is 7.08. The van der Waals surface area contributed by atoms with Crippen molar-refractivity contribution in [1.29, 1.82) is 0 Å². The van der Waals surface area contributed by atoms with E-state index in [4.69, 9.17) is 36.1 Å². The third kappa shape index (κ3) is 16.7. The van der Waals surface area contributed by atoms with Crippen LogP contribution in [0.1, 0.15) is 164 Å². The summed E-state index contributed by atoms with van der Waals surface area (Å²) >= 11 is 0. The first-order chi connectivity index (χ1) is 47.6. The first-order valence-corrected chi connectivity index (χ1v) is 38.4. The van der Waals surface area contributed by atoms with Crippen molar-refractivity contribution in [3.8, 4) is 28.4 Å². The zero-order chi connectivity index (χ0) is 75.1. The van der Waals surface area contributed by atoms with E-state index in [0.717, 1.165) is 38.9 Å². The van der Waals surface area contributed by atoms with Gasteiger partial charge < -0.3 is 57.2 Å². The molecule has 0 bridgehead atoms. The first kappa shape index (κ1) is 77.0. The molecule has 0 aromatic heterocycles. The number of fused-ring (bicyclic) bond motifs is 6. The SMILES string of the molecule is Cc1c(C)c(S(=O)(=O)NC(N)=NCCC[C@H](NC(=O)[C@H](CCCN=C(N)NS(=O)(=O)c2c(C)c(C)c3c(c2C)CC(C)(C)O3)NC(=O)[C@H](CCCN=C(N)NS(=O)(=O)c2c(C)c(C)c3c(c2C)CC(C)(C)O3)NC(=O)OCC2c3ccccc3-c3ccccc32)C(=O)O)c(C)c2c1OC(C)(C)C2. The number of benzene rings is 5. The summed E-state index contributed by atoms with van der Waals surface area (Å²) in [5.41, 5.74) is 28.0. The average Bonchev–Trinajstić information content (AvgIpc) is 1.52. The van der Waals surface area contributed by atoms with E-state index in [-0.39, 0.29) is 85.4 Å². The van der Waals surface area contributed by atoms with Crippen LogP contribution in [0.5, 0.6) is 17.2 Å². The average molecular weight is 1470 g/mol. The fourth-order valence-corrected chi connectivity index (χ4v) is 18.8. The van der Waals surface area contributed by atoms with E-state index in [9.17, 15) is 49.5 Å². The Morgan fingerprint density at radius 1 is 0.480 bits per heavy atom. The number of amides is 3. The van der Waals surface area contributed by atoms with Crippen LogP contribution in [0.4, 0.5) is 4.79 Å². The van der Waals surface area contributed by atoms with Gasteiger partial charge in [0.1, 0.15) is 58.8 Å². The molecule has 4 aliphatic rings. The lowest BCUT2D eigenvalue weighted by molar-refractivity contribution is -0.142. The number of hydrogen-bond acceptors (Lipinski definition) is 17. The van der Waals surface area contributed by atoms with Crippen LogP contribution in [0.15, 0.2) is 78.2 Å². The third-order valence-corrected chi connectivity index (χ3v) is 24.3. The van der Waals surface area contributed by atoms with Crippen molar-refractivity contribution < 1.29 is 68.5 Å². The number of ether oxygens (including phenoxy) is 4. The van der Waals surface area contributed by atoms with Crippen LogP contribution in [0, 0.1) is 62.3 Å². The molecule has 0 saturated heterocycles. The van der Waals surface area contributed by atoms with Crippen LogP contribution >= 0.6 is 0 Å². The third-order valence-electron chi connectivity index (χ3n) is 19.4. The summed E-state index contributed by atoms with van der Waals surface area (Å²) in [5.74, 6) is -3.24. The number of carboxylic acids is 1. The molecule has 13 N–H and O–H groups in total. The molecule has 3 atom stereocenters. The van der Waals surface area contributed by atoms with Gasteiger partial charge in [-0.3, -0.25) is 24.6 Å². The molecule has 30 heteroatoms. The molecule has 0 fully saturated rings. The van der Waals surface area contributed by atoms with Crippen molar-refractivity contribution >= 4 is 71.8 Å². The molecule has 0 spiro atoms. The highest BCUT2D eigenvalue weighted by Crippen LogP contribution is 2.48. The fourth-order valence-electron chi connectivity index (χ4n) is 14.2. The van der Waals surface area contributed by atoms with Gasteiger partial charge in [0.2, 0.25) is 29.7 Å². The number of guanidine groups is 3.